The molecule has 2 bridgehead atoms. The molecular weight excluding hydrogens is 354 g/mol. The first-order chi connectivity index (χ1) is 13.4. The number of fused-ring (bicyclic) bond motifs is 1. The normalized spacial score (nSPS) is 33.3. The molecule has 1 aromatic carbocycles. The number of hydrogen-bond donors (Lipinski definition) is 1. The molecule has 3 aliphatic rings. The molecule has 1 aliphatic carbocycles. The molecule has 3 fully saturated rings. The molecule has 154 valence electrons. The van der Waals surface area contributed by atoms with Crippen molar-refractivity contribution in [1.29, 1.82) is 0 Å². The number of anilines is 1. The average Bonchev–Trinajstić information content (AvgIpc) is 2.67. The van der Waals surface area contributed by atoms with Crippen LogP contribution in [0.25, 0.3) is 0 Å². The summed E-state index contributed by atoms with van der Waals surface area (Å²) in [6, 6.07) is 9.03. The van der Waals surface area contributed by atoms with E-state index < -0.39 is 0 Å². The number of amides is 2. The van der Waals surface area contributed by atoms with E-state index in [4.69, 9.17) is 9.47 Å². The topological polar surface area (TPSA) is 54.0 Å². The maximum atomic E-state index is 12.7. The van der Waals surface area contributed by atoms with Crippen LogP contribution >= 0.6 is 0 Å². The highest BCUT2D eigenvalue weighted by molar-refractivity contribution is 5.76. The Balaban J connectivity index is 1.51. The molecule has 0 radical (unpaired) electrons. The van der Waals surface area contributed by atoms with Crippen LogP contribution in [0.4, 0.5) is 10.5 Å². The van der Waals surface area contributed by atoms with Gasteiger partial charge in [-0.2, -0.15) is 0 Å². The van der Waals surface area contributed by atoms with E-state index in [0.717, 1.165) is 25.3 Å². The van der Waals surface area contributed by atoms with Crippen molar-refractivity contribution in [2.45, 2.75) is 45.2 Å². The second-order valence-electron chi connectivity index (χ2n) is 8.92. The zero-order chi connectivity index (χ0) is 19.9. The number of carbonyl (C=O) groups is 1. The van der Waals surface area contributed by atoms with Crippen molar-refractivity contribution < 1.29 is 14.3 Å². The van der Waals surface area contributed by atoms with Crippen LogP contribution in [0.2, 0.25) is 0 Å². The van der Waals surface area contributed by atoms with Gasteiger partial charge in [-0.25, -0.2) is 4.79 Å². The fraction of sp³-hybridized carbons (Fsp3) is 0.682. The summed E-state index contributed by atoms with van der Waals surface area (Å²) in [5.74, 6) is 1.39. The summed E-state index contributed by atoms with van der Waals surface area (Å²) in [7, 11) is 1.68. The first-order valence-corrected chi connectivity index (χ1v) is 10.5. The number of likely N-dealkylation sites (tertiary alicyclic amines) is 1. The molecule has 0 aromatic heterocycles. The number of piperidine rings is 2. The number of methoxy groups -OCH3 is 1. The van der Waals surface area contributed by atoms with E-state index in [-0.39, 0.29) is 17.0 Å². The molecular formula is C22H33N3O3. The SMILES string of the molecule is CCNC(=O)N1CC2CN(c3ccc(OCCOC)cc3)C3CC1(C)C3(C)C2. The van der Waals surface area contributed by atoms with Gasteiger partial charge in [-0.3, -0.25) is 0 Å². The Bertz CT molecular complexity index is 724. The molecule has 4 rings (SSSR count). The maximum Gasteiger partial charge on any atom is 0.317 e. The molecule has 6 heteroatoms. The summed E-state index contributed by atoms with van der Waals surface area (Å²) < 4.78 is 10.7. The Hall–Kier alpha value is -1.95. The highest BCUT2D eigenvalue weighted by Gasteiger charge is 2.70. The second-order valence-corrected chi connectivity index (χ2v) is 8.92. The second kappa shape index (κ2) is 7.14. The van der Waals surface area contributed by atoms with E-state index in [1.165, 1.54) is 12.1 Å². The molecule has 1 aromatic rings. The summed E-state index contributed by atoms with van der Waals surface area (Å²) in [6.45, 7) is 10.4. The van der Waals surface area contributed by atoms with Gasteiger partial charge in [-0.15, -0.1) is 0 Å². The molecule has 4 atom stereocenters. The van der Waals surface area contributed by atoms with Crippen molar-refractivity contribution >= 4 is 11.7 Å². The lowest BCUT2D eigenvalue weighted by atomic mass is 9.45. The van der Waals surface area contributed by atoms with Crippen LogP contribution in [-0.4, -0.2) is 62.5 Å². The van der Waals surface area contributed by atoms with E-state index in [1.807, 2.05) is 6.92 Å². The molecule has 1 N–H and O–H groups in total. The van der Waals surface area contributed by atoms with Gasteiger partial charge in [-0.05, 0) is 56.9 Å². The van der Waals surface area contributed by atoms with Crippen LogP contribution in [0.1, 0.15) is 33.6 Å². The quantitative estimate of drug-likeness (QED) is 0.762. The first-order valence-electron chi connectivity index (χ1n) is 10.5. The Morgan fingerprint density at radius 3 is 2.61 bits per heavy atom. The van der Waals surface area contributed by atoms with Crippen LogP contribution < -0.4 is 15.0 Å². The number of nitrogens with one attached hydrogen (secondary N) is 1. The fourth-order valence-electron chi connectivity index (χ4n) is 5.76. The van der Waals surface area contributed by atoms with Gasteiger partial charge in [0, 0.05) is 43.9 Å². The number of carbonyl (C=O) groups excluding carboxylic acids is 1. The Morgan fingerprint density at radius 2 is 1.93 bits per heavy atom. The predicted octanol–water partition coefficient (Wildman–Crippen LogP) is 3.12. The van der Waals surface area contributed by atoms with E-state index in [2.05, 4.69) is 53.2 Å². The zero-order valence-corrected chi connectivity index (χ0v) is 17.5. The number of ether oxygens (including phenoxy) is 2. The Labute approximate surface area is 168 Å². The van der Waals surface area contributed by atoms with Crippen LogP contribution in [0, 0.1) is 11.3 Å². The van der Waals surface area contributed by atoms with Gasteiger partial charge in [0.2, 0.25) is 0 Å². The van der Waals surface area contributed by atoms with Crippen LogP contribution in [-0.2, 0) is 4.74 Å². The summed E-state index contributed by atoms with van der Waals surface area (Å²) in [4.78, 5) is 17.4. The highest BCUT2D eigenvalue weighted by atomic mass is 16.5. The molecule has 6 nitrogen and oxygen atoms in total. The molecule has 0 spiro atoms. The number of hydrogen-bond acceptors (Lipinski definition) is 4. The number of nitrogens with zero attached hydrogens (tertiary/aromatic N) is 2. The summed E-state index contributed by atoms with van der Waals surface area (Å²) in [5, 5.41) is 3.02. The monoisotopic (exact) mass is 387 g/mol. The largest absolute Gasteiger partial charge is 0.491 e. The molecule has 2 aliphatic heterocycles. The van der Waals surface area contributed by atoms with E-state index in [9.17, 15) is 4.79 Å². The van der Waals surface area contributed by atoms with Gasteiger partial charge in [0.15, 0.2) is 0 Å². The van der Waals surface area contributed by atoms with Gasteiger partial charge in [0.1, 0.15) is 12.4 Å². The maximum absolute atomic E-state index is 12.7. The number of benzene rings is 1. The van der Waals surface area contributed by atoms with Crippen molar-refractivity contribution in [3.8, 4) is 5.75 Å². The molecule has 2 saturated heterocycles. The minimum Gasteiger partial charge on any atom is -0.491 e. The van der Waals surface area contributed by atoms with Crippen molar-refractivity contribution in [2.24, 2.45) is 11.3 Å². The van der Waals surface area contributed by atoms with Gasteiger partial charge in [-0.1, -0.05) is 6.92 Å². The lowest BCUT2D eigenvalue weighted by Crippen LogP contribution is -2.82. The molecule has 2 heterocycles. The average molecular weight is 388 g/mol. The Morgan fingerprint density at radius 1 is 1.18 bits per heavy atom. The fourth-order valence-corrected chi connectivity index (χ4v) is 5.76. The smallest absolute Gasteiger partial charge is 0.317 e. The van der Waals surface area contributed by atoms with Crippen LogP contribution in [0.15, 0.2) is 24.3 Å². The summed E-state index contributed by atoms with van der Waals surface area (Å²) >= 11 is 0. The van der Waals surface area contributed by atoms with Crippen molar-refractivity contribution in [3.63, 3.8) is 0 Å². The molecule has 28 heavy (non-hydrogen) atoms. The minimum absolute atomic E-state index is 0.0602. The first kappa shape index (κ1) is 19.4. The lowest BCUT2D eigenvalue weighted by molar-refractivity contribution is -0.161. The van der Waals surface area contributed by atoms with E-state index in [0.29, 0.717) is 31.7 Å². The number of urea groups is 1. The molecule has 1 saturated carbocycles. The molecule has 4 unspecified atom stereocenters. The van der Waals surface area contributed by atoms with Crippen molar-refractivity contribution in [3.05, 3.63) is 24.3 Å². The summed E-state index contributed by atoms with van der Waals surface area (Å²) in [6.07, 6.45) is 2.23. The third-order valence-electron chi connectivity index (χ3n) is 7.43. The third kappa shape index (κ3) is 2.84. The van der Waals surface area contributed by atoms with Gasteiger partial charge in [0.25, 0.3) is 0 Å². The third-order valence-corrected chi connectivity index (χ3v) is 7.43. The zero-order valence-electron chi connectivity index (χ0n) is 17.5. The van der Waals surface area contributed by atoms with Gasteiger partial charge < -0.3 is 24.6 Å². The van der Waals surface area contributed by atoms with E-state index >= 15 is 0 Å². The van der Waals surface area contributed by atoms with Gasteiger partial charge in [0.05, 0.1) is 12.1 Å². The highest BCUT2D eigenvalue weighted by Crippen LogP contribution is 2.64. The standard InChI is InChI=1S/C22H33N3O3/c1-5-23-20(26)25-15-16-12-21(2)19(13-22(21,25)3)24(14-16)17-6-8-18(9-7-17)28-11-10-27-4/h6-9,16,19H,5,10-15H2,1-4H3,(H,23,26). The lowest BCUT2D eigenvalue weighted by Gasteiger charge is -2.74. The van der Waals surface area contributed by atoms with Crippen molar-refractivity contribution in [1.82, 2.24) is 10.2 Å². The van der Waals surface area contributed by atoms with E-state index in [1.54, 1.807) is 7.11 Å². The Kier molecular flexibility index (Phi) is 4.94. The minimum atomic E-state index is -0.0602. The molecule has 2 amide bonds. The van der Waals surface area contributed by atoms with Crippen LogP contribution in [0.5, 0.6) is 5.75 Å². The summed E-state index contributed by atoms with van der Waals surface area (Å²) in [5.41, 5.74) is 1.33. The predicted molar refractivity (Wildman–Crippen MR) is 110 cm³/mol. The van der Waals surface area contributed by atoms with Gasteiger partial charge >= 0.3 is 6.03 Å². The van der Waals surface area contributed by atoms with Crippen LogP contribution in [0.3, 0.4) is 0 Å². The number of rotatable bonds is 6. The van der Waals surface area contributed by atoms with Crippen molar-refractivity contribution in [2.75, 3.05) is 44.9 Å².